The topological polar surface area (TPSA) is 46.5 Å². The molecule has 110 valence electrons. The molecule has 0 unspecified atom stereocenters. The number of hydrogen-bond acceptors (Lipinski definition) is 3. The summed E-state index contributed by atoms with van der Waals surface area (Å²) in [5, 5.41) is 8.63. The third-order valence-corrected chi connectivity index (χ3v) is 2.72. The lowest BCUT2D eigenvalue weighted by molar-refractivity contribution is 0.0735. The molecule has 3 aromatic rings. The first-order valence-corrected chi connectivity index (χ1v) is 6.82. The second kappa shape index (κ2) is 8.27. The molecule has 3 heteroatoms. The van der Waals surface area contributed by atoms with Crippen LogP contribution in [0.5, 0.6) is 11.5 Å². The van der Waals surface area contributed by atoms with Crippen LogP contribution in [0.15, 0.2) is 91.0 Å². The van der Waals surface area contributed by atoms with Crippen molar-refractivity contribution < 1.29 is 14.6 Å². The second-order valence-corrected chi connectivity index (χ2v) is 4.40. The summed E-state index contributed by atoms with van der Waals surface area (Å²) in [6.45, 7) is 0. The lowest BCUT2D eigenvalue weighted by atomic mass is 10.2. The van der Waals surface area contributed by atoms with Crippen molar-refractivity contribution in [3.63, 3.8) is 0 Å². The summed E-state index contributed by atoms with van der Waals surface area (Å²) in [5.41, 5.74) is 0.557. The first-order valence-electron chi connectivity index (χ1n) is 6.82. The molecule has 0 aromatic heterocycles. The van der Waals surface area contributed by atoms with Gasteiger partial charge in [0, 0.05) is 0 Å². The van der Waals surface area contributed by atoms with Crippen molar-refractivity contribution in [2.24, 2.45) is 0 Å². The third-order valence-electron chi connectivity index (χ3n) is 2.72. The molecule has 0 saturated carbocycles. The molecule has 0 heterocycles. The number of hydrogen-bond donors (Lipinski definition) is 1. The molecule has 0 spiro atoms. The zero-order valence-corrected chi connectivity index (χ0v) is 11.9. The van der Waals surface area contributed by atoms with Gasteiger partial charge < -0.3 is 9.84 Å². The average Bonchev–Trinajstić information content (AvgIpc) is 2.58. The number of esters is 1. The van der Waals surface area contributed by atoms with Gasteiger partial charge in [-0.3, -0.25) is 0 Å². The number of carbonyl (C=O) groups is 1. The van der Waals surface area contributed by atoms with Crippen LogP contribution in [0.4, 0.5) is 0 Å². The van der Waals surface area contributed by atoms with E-state index < -0.39 is 0 Å². The molecular formula is C19H16O3. The van der Waals surface area contributed by atoms with Crippen molar-refractivity contribution in [2.75, 3.05) is 0 Å². The van der Waals surface area contributed by atoms with Crippen molar-refractivity contribution in [3.05, 3.63) is 96.6 Å². The SMILES string of the molecule is O=C(Oc1ccccc1)c1ccccc1.Oc1ccccc1. The van der Waals surface area contributed by atoms with Gasteiger partial charge in [-0.2, -0.15) is 0 Å². The summed E-state index contributed by atoms with van der Waals surface area (Å²) in [5.74, 6) is 0.552. The number of benzene rings is 3. The molecule has 0 aliphatic carbocycles. The fourth-order valence-electron chi connectivity index (χ4n) is 1.66. The standard InChI is InChI=1S/C13H10O2.C6H6O/c14-13(11-7-3-1-4-8-11)15-12-9-5-2-6-10-12;7-6-4-2-1-3-5-6/h1-10H;1-5,7H. The maximum atomic E-state index is 11.6. The van der Waals surface area contributed by atoms with Crippen molar-refractivity contribution in [1.82, 2.24) is 0 Å². The Morgan fingerprint density at radius 3 is 1.59 bits per heavy atom. The lowest BCUT2D eigenvalue weighted by Gasteiger charge is -2.02. The summed E-state index contributed by atoms with van der Waals surface area (Å²) in [7, 11) is 0. The number of carbonyl (C=O) groups excluding carboxylic acids is 1. The van der Waals surface area contributed by atoms with E-state index in [1.807, 2.05) is 42.5 Å². The Kier molecular flexibility index (Phi) is 5.76. The number of phenolic OH excluding ortho intramolecular Hbond substituents is 1. The Balaban J connectivity index is 0.000000211. The Morgan fingerprint density at radius 2 is 1.14 bits per heavy atom. The molecule has 0 radical (unpaired) electrons. The molecule has 0 saturated heterocycles. The highest BCUT2D eigenvalue weighted by molar-refractivity contribution is 5.90. The van der Waals surface area contributed by atoms with E-state index in [1.165, 1.54) is 0 Å². The molecule has 3 nitrogen and oxygen atoms in total. The molecule has 0 aliphatic heterocycles. The zero-order chi connectivity index (χ0) is 15.6. The number of phenols is 1. The van der Waals surface area contributed by atoms with Gasteiger partial charge in [-0.15, -0.1) is 0 Å². The van der Waals surface area contributed by atoms with E-state index in [0.29, 0.717) is 17.1 Å². The van der Waals surface area contributed by atoms with Crippen LogP contribution >= 0.6 is 0 Å². The molecule has 0 aliphatic rings. The number of para-hydroxylation sites is 2. The molecule has 0 fully saturated rings. The fraction of sp³-hybridized carbons (Fsp3) is 0. The van der Waals surface area contributed by atoms with Crippen LogP contribution in [-0.4, -0.2) is 11.1 Å². The molecule has 22 heavy (non-hydrogen) atoms. The highest BCUT2D eigenvalue weighted by Gasteiger charge is 2.06. The molecule has 3 aromatic carbocycles. The van der Waals surface area contributed by atoms with E-state index in [2.05, 4.69) is 0 Å². The number of aromatic hydroxyl groups is 1. The second-order valence-electron chi connectivity index (χ2n) is 4.40. The molecule has 0 atom stereocenters. The number of rotatable bonds is 2. The maximum Gasteiger partial charge on any atom is 0.343 e. The summed E-state index contributed by atoms with van der Waals surface area (Å²) in [6, 6.07) is 26.7. The summed E-state index contributed by atoms with van der Waals surface area (Å²) in [4.78, 5) is 11.6. The van der Waals surface area contributed by atoms with Crippen LogP contribution in [0.2, 0.25) is 0 Å². The van der Waals surface area contributed by atoms with Gasteiger partial charge in [0.25, 0.3) is 0 Å². The molecule has 0 bridgehead atoms. The first kappa shape index (κ1) is 15.3. The third kappa shape index (κ3) is 5.13. The van der Waals surface area contributed by atoms with Gasteiger partial charge in [0.05, 0.1) is 5.56 Å². The summed E-state index contributed by atoms with van der Waals surface area (Å²) in [6.07, 6.45) is 0. The first-order chi connectivity index (χ1) is 10.8. The van der Waals surface area contributed by atoms with Crippen molar-refractivity contribution >= 4 is 5.97 Å². The van der Waals surface area contributed by atoms with Gasteiger partial charge in [0.15, 0.2) is 0 Å². The molecular weight excluding hydrogens is 276 g/mol. The summed E-state index contributed by atoms with van der Waals surface area (Å²) < 4.78 is 5.16. The Labute approximate surface area is 129 Å². The van der Waals surface area contributed by atoms with E-state index in [4.69, 9.17) is 9.84 Å². The maximum absolute atomic E-state index is 11.6. The van der Waals surface area contributed by atoms with Crippen molar-refractivity contribution in [1.29, 1.82) is 0 Å². The van der Waals surface area contributed by atoms with Gasteiger partial charge in [-0.1, -0.05) is 54.6 Å². The zero-order valence-electron chi connectivity index (χ0n) is 11.9. The van der Waals surface area contributed by atoms with Crippen molar-refractivity contribution in [2.45, 2.75) is 0 Å². The highest BCUT2D eigenvalue weighted by Crippen LogP contribution is 2.11. The molecule has 3 rings (SSSR count). The Morgan fingerprint density at radius 1 is 0.682 bits per heavy atom. The van der Waals surface area contributed by atoms with Gasteiger partial charge in [-0.25, -0.2) is 4.79 Å². The van der Waals surface area contributed by atoms with Crippen molar-refractivity contribution in [3.8, 4) is 11.5 Å². The quantitative estimate of drug-likeness (QED) is 0.566. The largest absolute Gasteiger partial charge is 0.508 e. The summed E-state index contributed by atoms with van der Waals surface area (Å²) >= 11 is 0. The van der Waals surface area contributed by atoms with E-state index in [-0.39, 0.29) is 5.97 Å². The van der Waals surface area contributed by atoms with Gasteiger partial charge in [-0.05, 0) is 36.4 Å². The molecule has 0 amide bonds. The number of ether oxygens (including phenoxy) is 1. The van der Waals surface area contributed by atoms with Crippen LogP contribution in [-0.2, 0) is 0 Å². The van der Waals surface area contributed by atoms with Gasteiger partial charge >= 0.3 is 5.97 Å². The molecule has 1 N–H and O–H groups in total. The minimum atomic E-state index is -0.332. The highest BCUT2D eigenvalue weighted by atomic mass is 16.5. The van der Waals surface area contributed by atoms with Crippen LogP contribution in [0.25, 0.3) is 0 Å². The minimum Gasteiger partial charge on any atom is -0.508 e. The van der Waals surface area contributed by atoms with Crippen LogP contribution in [0.1, 0.15) is 10.4 Å². The predicted molar refractivity (Wildman–Crippen MR) is 85.9 cm³/mol. The predicted octanol–water partition coefficient (Wildman–Crippen LogP) is 4.30. The minimum absolute atomic E-state index is 0.322. The average molecular weight is 292 g/mol. The Bertz CT molecular complexity index is 680. The fourth-order valence-corrected chi connectivity index (χ4v) is 1.66. The van der Waals surface area contributed by atoms with Crippen LogP contribution in [0.3, 0.4) is 0 Å². The van der Waals surface area contributed by atoms with Gasteiger partial charge in [0.2, 0.25) is 0 Å². The Hall–Kier alpha value is -3.07. The van der Waals surface area contributed by atoms with Crippen LogP contribution < -0.4 is 4.74 Å². The van der Waals surface area contributed by atoms with Gasteiger partial charge in [0.1, 0.15) is 11.5 Å². The van der Waals surface area contributed by atoms with Crippen LogP contribution in [0, 0.1) is 0 Å². The van der Waals surface area contributed by atoms with E-state index in [0.717, 1.165) is 0 Å². The van der Waals surface area contributed by atoms with E-state index in [1.54, 1.807) is 48.5 Å². The van der Waals surface area contributed by atoms with E-state index in [9.17, 15) is 4.79 Å². The lowest BCUT2D eigenvalue weighted by Crippen LogP contribution is -2.07. The van der Waals surface area contributed by atoms with E-state index >= 15 is 0 Å². The normalized spacial score (nSPS) is 9.27. The monoisotopic (exact) mass is 292 g/mol. The smallest absolute Gasteiger partial charge is 0.343 e.